The minimum atomic E-state index is 0.711. The van der Waals surface area contributed by atoms with E-state index in [1.54, 1.807) is 0 Å². The number of aryl methyl sites for hydroxylation is 1. The van der Waals surface area contributed by atoms with Crippen molar-refractivity contribution < 1.29 is 4.74 Å². The van der Waals surface area contributed by atoms with Gasteiger partial charge in [0.05, 0.1) is 18.8 Å². The van der Waals surface area contributed by atoms with Crippen molar-refractivity contribution in [3.05, 3.63) is 11.9 Å². The SMILES string of the molecule is CCOCCn1cc(CC)nn1. The number of aromatic nitrogens is 3. The van der Waals surface area contributed by atoms with Crippen LogP contribution in [0, 0.1) is 0 Å². The third-order valence-corrected chi connectivity index (χ3v) is 1.62. The van der Waals surface area contributed by atoms with E-state index in [2.05, 4.69) is 17.2 Å². The van der Waals surface area contributed by atoms with Crippen LogP contribution >= 0.6 is 0 Å². The van der Waals surface area contributed by atoms with Gasteiger partial charge in [0.1, 0.15) is 0 Å². The zero-order chi connectivity index (χ0) is 8.81. The molecular weight excluding hydrogens is 154 g/mol. The minimum absolute atomic E-state index is 0.711. The third kappa shape index (κ3) is 2.62. The van der Waals surface area contributed by atoms with Gasteiger partial charge < -0.3 is 4.74 Å². The Hall–Kier alpha value is -0.900. The molecule has 1 rings (SSSR count). The molecule has 4 heteroatoms. The first kappa shape index (κ1) is 9.19. The number of ether oxygens (including phenoxy) is 1. The van der Waals surface area contributed by atoms with Gasteiger partial charge in [-0.3, -0.25) is 0 Å². The highest BCUT2D eigenvalue weighted by atomic mass is 16.5. The van der Waals surface area contributed by atoms with Crippen molar-refractivity contribution in [2.45, 2.75) is 26.8 Å². The molecule has 0 aliphatic rings. The van der Waals surface area contributed by atoms with Crippen LogP contribution in [0.25, 0.3) is 0 Å². The Morgan fingerprint density at radius 3 is 2.92 bits per heavy atom. The Kier molecular flexibility index (Phi) is 3.73. The van der Waals surface area contributed by atoms with Gasteiger partial charge in [-0.15, -0.1) is 5.10 Å². The molecule has 1 heterocycles. The molecule has 0 aliphatic carbocycles. The highest BCUT2D eigenvalue weighted by molar-refractivity contribution is 4.90. The predicted octanol–water partition coefficient (Wildman–Crippen LogP) is 0.877. The van der Waals surface area contributed by atoms with Crippen LogP contribution in [0.5, 0.6) is 0 Å². The fraction of sp³-hybridized carbons (Fsp3) is 0.750. The van der Waals surface area contributed by atoms with E-state index in [0.29, 0.717) is 6.61 Å². The molecule has 0 saturated heterocycles. The standard InChI is InChI=1S/C8H15N3O/c1-3-8-7-11(10-9-8)5-6-12-4-2/h7H,3-6H2,1-2H3. The summed E-state index contributed by atoms with van der Waals surface area (Å²) >= 11 is 0. The molecule has 1 aromatic heterocycles. The summed E-state index contributed by atoms with van der Waals surface area (Å²) in [7, 11) is 0. The molecule has 0 N–H and O–H groups in total. The van der Waals surface area contributed by atoms with E-state index in [4.69, 9.17) is 4.74 Å². The lowest BCUT2D eigenvalue weighted by Crippen LogP contribution is -2.06. The summed E-state index contributed by atoms with van der Waals surface area (Å²) in [5.74, 6) is 0. The molecule has 0 unspecified atom stereocenters. The molecule has 4 nitrogen and oxygen atoms in total. The summed E-state index contributed by atoms with van der Waals surface area (Å²) in [6, 6.07) is 0. The fourth-order valence-corrected chi connectivity index (χ4v) is 0.912. The molecule has 0 fully saturated rings. The molecule has 0 aliphatic heterocycles. The van der Waals surface area contributed by atoms with Crippen LogP contribution < -0.4 is 0 Å². The highest BCUT2D eigenvalue weighted by Gasteiger charge is 1.96. The summed E-state index contributed by atoms with van der Waals surface area (Å²) < 4.78 is 7.01. The van der Waals surface area contributed by atoms with Crippen molar-refractivity contribution in [3.8, 4) is 0 Å². The third-order valence-electron chi connectivity index (χ3n) is 1.62. The van der Waals surface area contributed by atoms with Gasteiger partial charge in [0.2, 0.25) is 0 Å². The Labute approximate surface area is 72.5 Å². The number of nitrogens with zero attached hydrogens (tertiary/aromatic N) is 3. The molecule has 0 atom stereocenters. The molecule has 1 aromatic rings. The zero-order valence-electron chi connectivity index (χ0n) is 7.66. The van der Waals surface area contributed by atoms with Gasteiger partial charge in [0, 0.05) is 12.8 Å². The second-order valence-electron chi connectivity index (χ2n) is 2.52. The van der Waals surface area contributed by atoms with Crippen LogP contribution in [-0.4, -0.2) is 28.2 Å². The second-order valence-corrected chi connectivity index (χ2v) is 2.52. The maximum absolute atomic E-state index is 5.19. The van der Waals surface area contributed by atoms with Gasteiger partial charge >= 0.3 is 0 Å². The van der Waals surface area contributed by atoms with Gasteiger partial charge in [-0.25, -0.2) is 4.68 Å². The van der Waals surface area contributed by atoms with E-state index < -0.39 is 0 Å². The van der Waals surface area contributed by atoms with E-state index in [1.165, 1.54) is 0 Å². The average Bonchev–Trinajstić information content (AvgIpc) is 2.53. The van der Waals surface area contributed by atoms with Crippen molar-refractivity contribution in [1.82, 2.24) is 15.0 Å². The first-order valence-electron chi connectivity index (χ1n) is 4.33. The van der Waals surface area contributed by atoms with Gasteiger partial charge in [-0.2, -0.15) is 0 Å². The molecule has 0 amide bonds. The lowest BCUT2D eigenvalue weighted by atomic mass is 10.4. The summed E-state index contributed by atoms with van der Waals surface area (Å²) in [6.07, 6.45) is 2.90. The molecular formula is C8H15N3O. The molecule has 68 valence electrons. The smallest absolute Gasteiger partial charge is 0.0824 e. The molecule has 0 spiro atoms. The molecule has 0 bridgehead atoms. The van der Waals surface area contributed by atoms with Gasteiger partial charge in [0.25, 0.3) is 0 Å². The Morgan fingerprint density at radius 1 is 1.50 bits per heavy atom. The van der Waals surface area contributed by atoms with Crippen molar-refractivity contribution in [2.75, 3.05) is 13.2 Å². The van der Waals surface area contributed by atoms with Gasteiger partial charge in [-0.05, 0) is 13.3 Å². The molecule has 0 radical (unpaired) electrons. The van der Waals surface area contributed by atoms with Crippen molar-refractivity contribution in [2.24, 2.45) is 0 Å². The van der Waals surface area contributed by atoms with E-state index in [9.17, 15) is 0 Å². The van der Waals surface area contributed by atoms with Crippen molar-refractivity contribution >= 4 is 0 Å². The first-order valence-corrected chi connectivity index (χ1v) is 4.33. The summed E-state index contributed by atoms with van der Waals surface area (Å²) in [6.45, 7) is 6.31. The van der Waals surface area contributed by atoms with E-state index in [1.807, 2.05) is 17.8 Å². The van der Waals surface area contributed by atoms with Gasteiger partial charge in [0.15, 0.2) is 0 Å². The van der Waals surface area contributed by atoms with E-state index in [0.717, 1.165) is 25.3 Å². The maximum Gasteiger partial charge on any atom is 0.0824 e. The largest absolute Gasteiger partial charge is 0.380 e. The topological polar surface area (TPSA) is 39.9 Å². The maximum atomic E-state index is 5.19. The second kappa shape index (κ2) is 4.87. The molecule has 12 heavy (non-hydrogen) atoms. The predicted molar refractivity (Wildman–Crippen MR) is 45.9 cm³/mol. The molecule has 0 aromatic carbocycles. The summed E-state index contributed by atoms with van der Waals surface area (Å²) in [5, 5.41) is 7.92. The lowest BCUT2D eigenvalue weighted by Gasteiger charge is -1.99. The number of hydrogen-bond acceptors (Lipinski definition) is 3. The van der Waals surface area contributed by atoms with Crippen LogP contribution in [0.15, 0.2) is 6.20 Å². The first-order chi connectivity index (χ1) is 5.86. The number of rotatable bonds is 5. The van der Waals surface area contributed by atoms with Crippen molar-refractivity contribution in [3.63, 3.8) is 0 Å². The summed E-state index contributed by atoms with van der Waals surface area (Å²) in [4.78, 5) is 0. The normalized spacial score (nSPS) is 10.5. The number of hydrogen-bond donors (Lipinski definition) is 0. The quantitative estimate of drug-likeness (QED) is 0.614. The Balaban J connectivity index is 2.31. The van der Waals surface area contributed by atoms with Crippen LogP contribution in [-0.2, 0) is 17.7 Å². The van der Waals surface area contributed by atoms with Crippen LogP contribution in [0.1, 0.15) is 19.5 Å². The van der Waals surface area contributed by atoms with Gasteiger partial charge in [-0.1, -0.05) is 12.1 Å². The zero-order valence-corrected chi connectivity index (χ0v) is 7.66. The minimum Gasteiger partial charge on any atom is -0.380 e. The van der Waals surface area contributed by atoms with Crippen LogP contribution in [0.4, 0.5) is 0 Å². The Bertz CT molecular complexity index is 222. The lowest BCUT2D eigenvalue weighted by molar-refractivity contribution is 0.136. The summed E-state index contributed by atoms with van der Waals surface area (Å²) in [5.41, 5.74) is 1.03. The average molecular weight is 169 g/mol. The molecule has 0 saturated carbocycles. The van der Waals surface area contributed by atoms with E-state index >= 15 is 0 Å². The fourth-order valence-electron chi connectivity index (χ4n) is 0.912. The highest BCUT2D eigenvalue weighted by Crippen LogP contribution is 1.93. The van der Waals surface area contributed by atoms with Crippen LogP contribution in [0.2, 0.25) is 0 Å². The monoisotopic (exact) mass is 169 g/mol. The van der Waals surface area contributed by atoms with Crippen LogP contribution in [0.3, 0.4) is 0 Å². The Morgan fingerprint density at radius 2 is 2.33 bits per heavy atom. The van der Waals surface area contributed by atoms with E-state index in [-0.39, 0.29) is 0 Å². The van der Waals surface area contributed by atoms with Crippen molar-refractivity contribution in [1.29, 1.82) is 0 Å².